The summed E-state index contributed by atoms with van der Waals surface area (Å²) in [5.41, 5.74) is 8.37. The first-order valence-corrected chi connectivity index (χ1v) is 7.67. The van der Waals surface area contributed by atoms with Gasteiger partial charge in [0.2, 0.25) is 0 Å². The molecule has 0 fully saturated rings. The topological polar surface area (TPSA) is 101 Å². The van der Waals surface area contributed by atoms with E-state index in [1.54, 1.807) is 47.2 Å². The molecule has 3 aliphatic heterocycles. The van der Waals surface area contributed by atoms with E-state index in [0.29, 0.717) is 35.6 Å². The number of imide groups is 1. The van der Waals surface area contributed by atoms with Gasteiger partial charge < -0.3 is 0 Å². The molecular weight excluding hydrogens is 322 g/mol. The van der Waals surface area contributed by atoms with Gasteiger partial charge in [0.1, 0.15) is 12.7 Å². The first-order chi connectivity index (χ1) is 12.2. The Morgan fingerprint density at radius 3 is 1.72 bits per heavy atom. The number of fused-ring (bicyclic) bond motifs is 1. The standard InChI is InChI=1S/C16H15N7O2/c24-15-11-7-13(20-22-5-1-3-17-9-22)14(8-12(11)16(25)19-15)21-23-6-2-4-18-10-23/h1-4,7-10,20-21H,5-6H2,(H,19,24,25). The van der Waals surface area contributed by atoms with Crippen molar-refractivity contribution in [2.45, 2.75) is 0 Å². The van der Waals surface area contributed by atoms with Crippen LogP contribution in [0, 0.1) is 0 Å². The first-order valence-electron chi connectivity index (χ1n) is 7.67. The van der Waals surface area contributed by atoms with E-state index in [1.165, 1.54) is 0 Å². The summed E-state index contributed by atoms with van der Waals surface area (Å²) in [6, 6.07) is 3.31. The maximum absolute atomic E-state index is 11.9. The largest absolute Gasteiger partial charge is 0.295 e. The number of hydrazine groups is 2. The maximum atomic E-state index is 11.9. The Labute approximate surface area is 143 Å². The highest BCUT2D eigenvalue weighted by atomic mass is 16.2. The molecule has 3 N–H and O–H groups in total. The number of nitrogens with zero attached hydrogens (tertiary/aromatic N) is 4. The zero-order valence-corrected chi connectivity index (χ0v) is 13.1. The van der Waals surface area contributed by atoms with Crippen molar-refractivity contribution in [3.05, 3.63) is 47.8 Å². The Bertz CT molecular complexity index is 787. The number of carbonyl (C=O) groups is 2. The van der Waals surface area contributed by atoms with Gasteiger partial charge in [0.05, 0.1) is 35.6 Å². The number of benzene rings is 1. The van der Waals surface area contributed by atoms with Gasteiger partial charge in [-0.15, -0.1) is 0 Å². The molecule has 1 aromatic rings. The van der Waals surface area contributed by atoms with Crippen LogP contribution < -0.4 is 16.2 Å². The summed E-state index contributed by atoms with van der Waals surface area (Å²) in [6.07, 6.45) is 10.5. The van der Waals surface area contributed by atoms with Gasteiger partial charge in [-0.2, -0.15) is 0 Å². The van der Waals surface area contributed by atoms with Crippen molar-refractivity contribution in [3.63, 3.8) is 0 Å². The van der Waals surface area contributed by atoms with E-state index in [9.17, 15) is 9.59 Å². The predicted molar refractivity (Wildman–Crippen MR) is 94.2 cm³/mol. The van der Waals surface area contributed by atoms with Gasteiger partial charge >= 0.3 is 0 Å². The van der Waals surface area contributed by atoms with Gasteiger partial charge in [0, 0.05) is 12.4 Å². The summed E-state index contributed by atoms with van der Waals surface area (Å²) in [4.78, 5) is 32.0. The fraction of sp³-hybridized carbons (Fsp3) is 0.125. The van der Waals surface area contributed by atoms with Crippen molar-refractivity contribution in [2.24, 2.45) is 9.98 Å². The second-order valence-corrected chi connectivity index (χ2v) is 5.55. The van der Waals surface area contributed by atoms with E-state index >= 15 is 0 Å². The van der Waals surface area contributed by atoms with Crippen LogP contribution in [0.5, 0.6) is 0 Å². The summed E-state index contributed by atoms with van der Waals surface area (Å²) in [6.45, 7) is 1.25. The monoisotopic (exact) mass is 337 g/mol. The fourth-order valence-corrected chi connectivity index (χ4v) is 2.63. The molecule has 0 aromatic heterocycles. The van der Waals surface area contributed by atoms with Crippen LogP contribution in [0.25, 0.3) is 0 Å². The predicted octanol–water partition coefficient (Wildman–Crippen LogP) is 0.939. The third-order valence-corrected chi connectivity index (χ3v) is 3.80. The zero-order chi connectivity index (χ0) is 17.2. The summed E-state index contributed by atoms with van der Waals surface area (Å²) in [5, 5.41) is 5.85. The molecule has 0 spiro atoms. The number of aliphatic imine (C=N–C) groups is 2. The van der Waals surface area contributed by atoms with Crippen LogP contribution in [-0.4, -0.2) is 47.6 Å². The highest BCUT2D eigenvalue weighted by Crippen LogP contribution is 2.30. The molecule has 9 nitrogen and oxygen atoms in total. The lowest BCUT2D eigenvalue weighted by Gasteiger charge is -2.27. The average Bonchev–Trinajstić information content (AvgIpc) is 2.90. The summed E-state index contributed by atoms with van der Waals surface area (Å²) < 4.78 is 0. The lowest BCUT2D eigenvalue weighted by atomic mass is 10.1. The zero-order valence-electron chi connectivity index (χ0n) is 13.1. The van der Waals surface area contributed by atoms with Crippen molar-refractivity contribution in [1.82, 2.24) is 15.3 Å². The highest BCUT2D eigenvalue weighted by molar-refractivity contribution is 6.22. The van der Waals surface area contributed by atoms with E-state index in [-0.39, 0.29) is 0 Å². The minimum Gasteiger partial charge on any atom is -0.295 e. The van der Waals surface area contributed by atoms with E-state index in [0.717, 1.165) is 0 Å². The number of hydrogen-bond donors (Lipinski definition) is 3. The second-order valence-electron chi connectivity index (χ2n) is 5.55. The highest BCUT2D eigenvalue weighted by Gasteiger charge is 2.29. The number of nitrogens with one attached hydrogen (secondary N) is 3. The number of hydrogen-bond acceptors (Lipinski definition) is 8. The number of rotatable bonds is 4. The molecule has 0 radical (unpaired) electrons. The molecule has 1 aromatic carbocycles. The van der Waals surface area contributed by atoms with Crippen molar-refractivity contribution < 1.29 is 9.59 Å². The molecule has 3 heterocycles. The van der Waals surface area contributed by atoms with Crippen LogP contribution in [0.1, 0.15) is 20.7 Å². The summed E-state index contributed by atoms with van der Waals surface area (Å²) in [5.74, 6) is -0.798. The van der Waals surface area contributed by atoms with Crippen molar-refractivity contribution >= 4 is 35.9 Å². The summed E-state index contributed by atoms with van der Waals surface area (Å²) in [7, 11) is 0. The Hall–Kier alpha value is -3.62. The van der Waals surface area contributed by atoms with Crippen molar-refractivity contribution in [3.8, 4) is 0 Å². The van der Waals surface area contributed by atoms with Crippen LogP contribution >= 0.6 is 0 Å². The molecule has 0 aliphatic carbocycles. The lowest BCUT2D eigenvalue weighted by Crippen LogP contribution is -2.33. The normalized spacial score (nSPS) is 17.8. The van der Waals surface area contributed by atoms with Crippen LogP contribution in [0.15, 0.2) is 46.7 Å². The fourth-order valence-electron chi connectivity index (χ4n) is 2.63. The van der Waals surface area contributed by atoms with Gasteiger partial charge in [-0.25, -0.2) is 9.98 Å². The van der Waals surface area contributed by atoms with Gasteiger partial charge in [-0.1, -0.05) is 0 Å². The molecule has 9 heteroatoms. The molecule has 0 saturated heterocycles. The average molecular weight is 337 g/mol. The molecule has 0 saturated carbocycles. The van der Waals surface area contributed by atoms with Crippen molar-refractivity contribution in [2.75, 3.05) is 23.9 Å². The maximum Gasteiger partial charge on any atom is 0.259 e. The number of carbonyl (C=O) groups excluding carboxylic acids is 2. The van der Waals surface area contributed by atoms with Crippen LogP contribution in [-0.2, 0) is 0 Å². The Morgan fingerprint density at radius 2 is 1.32 bits per heavy atom. The third-order valence-electron chi connectivity index (χ3n) is 3.80. The SMILES string of the molecule is O=C1NC(=O)c2cc(NN3C=NC=CC3)c(NN3C=NC=CC3)cc21. The minimum absolute atomic E-state index is 0.342. The van der Waals surface area contributed by atoms with E-state index in [2.05, 4.69) is 26.2 Å². The smallest absolute Gasteiger partial charge is 0.259 e. The molecule has 2 amide bonds. The molecule has 0 bridgehead atoms. The van der Waals surface area contributed by atoms with E-state index < -0.39 is 11.8 Å². The lowest BCUT2D eigenvalue weighted by molar-refractivity contribution is 0.0879. The molecule has 4 rings (SSSR count). The molecular formula is C16H15N7O2. The minimum atomic E-state index is -0.399. The molecule has 126 valence electrons. The van der Waals surface area contributed by atoms with Gasteiger partial charge in [-0.3, -0.25) is 35.8 Å². The van der Waals surface area contributed by atoms with Gasteiger partial charge in [-0.05, 0) is 24.3 Å². The van der Waals surface area contributed by atoms with Gasteiger partial charge in [0.15, 0.2) is 0 Å². The quantitative estimate of drug-likeness (QED) is 0.707. The first kappa shape index (κ1) is 14.9. The van der Waals surface area contributed by atoms with Crippen molar-refractivity contribution in [1.29, 1.82) is 0 Å². The Balaban J connectivity index is 1.67. The molecule has 3 aliphatic rings. The van der Waals surface area contributed by atoms with E-state index in [1.807, 2.05) is 12.2 Å². The molecule has 25 heavy (non-hydrogen) atoms. The van der Waals surface area contributed by atoms with Crippen LogP contribution in [0.3, 0.4) is 0 Å². The molecule has 0 atom stereocenters. The van der Waals surface area contributed by atoms with Gasteiger partial charge in [0.25, 0.3) is 11.8 Å². The van der Waals surface area contributed by atoms with Crippen LogP contribution in [0.4, 0.5) is 11.4 Å². The Morgan fingerprint density at radius 1 is 0.840 bits per heavy atom. The van der Waals surface area contributed by atoms with E-state index in [4.69, 9.17) is 0 Å². The van der Waals surface area contributed by atoms with Crippen LogP contribution in [0.2, 0.25) is 0 Å². The summed E-state index contributed by atoms with van der Waals surface area (Å²) >= 11 is 0. The Kier molecular flexibility index (Phi) is 3.65. The number of anilines is 2. The second kappa shape index (κ2) is 6.11. The third kappa shape index (κ3) is 2.94. The number of amides is 2. The molecule has 0 unspecified atom stereocenters.